The third-order valence-corrected chi connectivity index (χ3v) is 3.28. The van der Waals surface area contributed by atoms with Crippen molar-refractivity contribution in [3.8, 4) is 0 Å². The molecule has 0 bridgehead atoms. The number of nitrogens with zero attached hydrogens (tertiary/aromatic N) is 1. The molecule has 0 aliphatic carbocycles. The zero-order chi connectivity index (χ0) is 11.4. The second-order valence-electron chi connectivity index (χ2n) is 4.20. The summed E-state index contributed by atoms with van der Waals surface area (Å²) in [6, 6.07) is 14.0. The molecule has 0 saturated carbocycles. The highest BCUT2D eigenvalue weighted by Gasteiger charge is 2.09. The second-order valence-corrected chi connectivity index (χ2v) is 4.20. The molecule has 1 aromatic heterocycles. The molecule has 3 heteroatoms. The highest BCUT2D eigenvalue weighted by atomic mass is 16.1. The summed E-state index contributed by atoms with van der Waals surface area (Å²) in [7, 11) is 0. The fraction of sp³-hybridized carbons (Fsp3) is 0. The molecule has 0 amide bonds. The third kappa shape index (κ3) is 1.00. The Kier molecular flexibility index (Phi) is 1.45. The lowest BCUT2D eigenvalue weighted by Gasteiger charge is -2.08. The van der Waals surface area contributed by atoms with E-state index in [1.807, 2.05) is 30.3 Å². The molecule has 0 radical (unpaired) electrons. The molecule has 0 unspecified atom stereocenters. The van der Waals surface area contributed by atoms with Gasteiger partial charge >= 0.3 is 0 Å². The van der Waals surface area contributed by atoms with Crippen LogP contribution in [-0.2, 0) is 0 Å². The van der Waals surface area contributed by atoms with Crippen molar-refractivity contribution in [2.24, 2.45) is 0 Å². The van der Waals surface area contributed by atoms with E-state index in [-0.39, 0.29) is 5.56 Å². The van der Waals surface area contributed by atoms with Crippen LogP contribution in [-0.4, -0.2) is 10.2 Å². The van der Waals surface area contributed by atoms with E-state index >= 15 is 0 Å². The smallest absolute Gasteiger partial charge is 0.267 e. The quantitative estimate of drug-likeness (QED) is 0.463. The van der Waals surface area contributed by atoms with Crippen molar-refractivity contribution in [3.05, 3.63) is 52.8 Å². The first-order valence-electron chi connectivity index (χ1n) is 5.47. The fourth-order valence-corrected chi connectivity index (χ4v) is 2.52. The van der Waals surface area contributed by atoms with Crippen LogP contribution in [0.5, 0.6) is 0 Å². The number of aromatic amines is 1. The van der Waals surface area contributed by atoms with E-state index in [2.05, 4.69) is 22.3 Å². The van der Waals surface area contributed by atoms with E-state index in [1.165, 1.54) is 0 Å². The Morgan fingerprint density at radius 3 is 2.47 bits per heavy atom. The van der Waals surface area contributed by atoms with Gasteiger partial charge in [-0.15, -0.1) is 0 Å². The Hall–Kier alpha value is -2.42. The first-order valence-corrected chi connectivity index (χ1v) is 5.47. The highest BCUT2D eigenvalue weighted by Crippen LogP contribution is 2.31. The summed E-state index contributed by atoms with van der Waals surface area (Å²) in [5.74, 6) is 0. The monoisotopic (exact) mass is 220 g/mol. The summed E-state index contributed by atoms with van der Waals surface area (Å²) in [6.07, 6.45) is 0. The minimum absolute atomic E-state index is 0.129. The fourth-order valence-electron chi connectivity index (χ4n) is 2.52. The van der Waals surface area contributed by atoms with Crippen molar-refractivity contribution < 1.29 is 0 Å². The summed E-state index contributed by atoms with van der Waals surface area (Å²) in [5.41, 5.74) is 0.708. The van der Waals surface area contributed by atoms with E-state index < -0.39 is 0 Å². The van der Waals surface area contributed by atoms with Gasteiger partial charge in [-0.05, 0) is 28.3 Å². The number of rotatable bonds is 0. The van der Waals surface area contributed by atoms with Crippen molar-refractivity contribution in [1.29, 1.82) is 0 Å². The summed E-state index contributed by atoms with van der Waals surface area (Å²) in [4.78, 5) is 11.8. The minimum Gasteiger partial charge on any atom is -0.267 e. The average Bonchev–Trinajstić information content (AvgIpc) is 2.38. The molecular formula is C14H8N2O. The van der Waals surface area contributed by atoms with Gasteiger partial charge in [0.25, 0.3) is 5.56 Å². The molecule has 3 nitrogen and oxygen atoms in total. The molecule has 4 aromatic rings. The molecule has 1 N–H and O–H groups in total. The molecule has 1 heterocycles. The molecule has 0 fully saturated rings. The first-order chi connectivity index (χ1) is 8.34. The number of hydrogen-bond acceptors (Lipinski definition) is 2. The van der Waals surface area contributed by atoms with Crippen LogP contribution >= 0.6 is 0 Å². The largest absolute Gasteiger partial charge is 0.272 e. The maximum absolute atomic E-state index is 11.8. The van der Waals surface area contributed by atoms with Crippen LogP contribution in [0.3, 0.4) is 0 Å². The van der Waals surface area contributed by atoms with Crippen molar-refractivity contribution in [2.45, 2.75) is 0 Å². The van der Waals surface area contributed by atoms with Crippen LogP contribution in [0.2, 0.25) is 0 Å². The van der Waals surface area contributed by atoms with Crippen molar-refractivity contribution in [1.82, 2.24) is 10.2 Å². The zero-order valence-corrected chi connectivity index (χ0v) is 8.90. The molecule has 80 valence electrons. The van der Waals surface area contributed by atoms with Crippen LogP contribution in [0.15, 0.2) is 47.3 Å². The Morgan fingerprint density at radius 2 is 1.65 bits per heavy atom. The predicted octanol–water partition coefficient (Wildman–Crippen LogP) is 2.67. The number of aromatic nitrogens is 2. The molecule has 0 aliphatic heterocycles. The number of hydrogen-bond donors (Lipinski definition) is 1. The summed E-state index contributed by atoms with van der Waals surface area (Å²) in [6.45, 7) is 0. The van der Waals surface area contributed by atoms with Gasteiger partial charge in [0, 0.05) is 5.39 Å². The third-order valence-electron chi connectivity index (χ3n) is 3.28. The summed E-state index contributed by atoms with van der Waals surface area (Å²) in [5, 5.41) is 11.7. The summed E-state index contributed by atoms with van der Waals surface area (Å²) >= 11 is 0. The van der Waals surface area contributed by atoms with Crippen LogP contribution in [0, 0.1) is 0 Å². The number of benzene rings is 3. The van der Waals surface area contributed by atoms with Crippen LogP contribution < -0.4 is 5.56 Å². The van der Waals surface area contributed by atoms with Crippen molar-refractivity contribution >= 4 is 32.4 Å². The lowest BCUT2D eigenvalue weighted by atomic mass is 9.98. The van der Waals surface area contributed by atoms with Gasteiger partial charge in [0.2, 0.25) is 0 Å². The molecule has 3 aromatic carbocycles. The zero-order valence-electron chi connectivity index (χ0n) is 8.90. The van der Waals surface area contributed by atoms with E-state index in [0.29, 0.717) is 5.39 Å². The van der Waals surface area contributed by atoms with Crippen molar-refractivity contribution in [2.75, 3.05) is 0 Å². The van der Waals surface area contributed by atoms with Gasteiger partial charge < -0.3 is 0 Å². The van der Waals surface area contributed by atoms with Gasteiger partial charge in [0.1, 0.15) is 0 Å². The standard InChI is InChI=1S/C14H8N2O/c17-14-10-6-4-8-2-1-3-9-5-7-11(15-16-14)13(10)12(8)9/h1-7H,(H,16,17). The molecule has 17 heavy (non-hydrogen) atoms. The van der Waals surface area contributed by atoms with Crippen molar-refractivity contribution in [3.63, 3.8) is 0 Å². The van der Waals surface area contributed by atoms with Gasteiger partial charge in [-0.2, -0.15) is 5.10 Å². The van der Waals surface area contributed by atoms with E-state index in [1.54, 1.807) is 0 Å². The lowest BCUT2D eigenvalue weighted by molar-refractivity contribution is 1.04. The predicted molar refractivity (Wildman–Crippen MR) is 68.6 cm³/mol. The normalized spacial score (nSPS) is 11.8. The average molecular weight is 220 g/mol. The van der Waals surface area contributed by atoms with Crippen LogP contribution in [0.25, 0.3) is 32.4 Å². The Morgan fingerprint density at radius 1 is 0.882 bits per heavy atom. The molecular weight excluding hydrogens is 212 g/mol. The van der Waals surface area contributed by atoms with E-state index in [4.69, 9.17) is 0 Å². The minimum atomic E-state index is -0.129. The highest BCUT2D eigenvalue weighted by molar-refractivity contribution is 6.21. The molecule has 0 spiro atoms. The van der Waals surface area contributed by atoms with Gasteiger partial charge in [0.15, 0.2) is 0 Å². The van der Waals surface area contributed by atoms with Gasteiger partial charge in [-0.1, -0.05) is 30.3 Å². The van der Waals surface area contributed by atoms with Gasteiger partial charge in [-0.25, -0.2) is 5.10 Å². The Bertz CT molecular complexity index is 892. The van der Waals surface area contributed by atoms with Gasteiger partial charge in [-0.3, -0.25) is 4.79 Å². The van der Waals surface area contributed by atoms with Crippen LogP contribution in [0.4, 0.5) is 0 Å². The number of H-pyrrole nitrogens is 1. The maximum atomic E-state index is 11.8. The molecule has 4 rings (SSSR count). The molecule has 0 aliphatic rings. The van der Waals surface area contributed by atoms with Gasteiger partial charge in [0.05, 0.1) is 10.9 Å². The van der Waals surface area contributed by atoms with Crippen LogP contribution in [0.1, 0.15) is 0 Å². The lowest BCUT2D eigenvalue weighted by Crippen LogP contribution is -2.08. The molecule has 0 atom stereocenters. The SMILES string of the molecule is O=c1[nH]nc2ccc3cccc4ccc1c2c34. The molecule has 0 saturated heterocycles. The van der Waals surface area contributed by atoms with E-state index in [9.17, 15) is 4.79 Å². The summed E-state index contributed by atoms with van der Waals surface area (Å²) < 4.78 is 0. The number of nitrogens with one attached hydrogen (secondary N) is 1. The Labute approximate surface area is 96.0 Å². The Balaban J connectivity index is 2.53. The maximum Gasteiger partial charge on any atom is 0.272 e. The topological polar surface area (TPSA) is 45.8 Å². The second kappa shape index (κ2) is 2.83. The first kappa shape index (κ1) is 8.70. The van der Waals surface area contributed by atoms with E-state index in [0.717, 1.165) is 27.1 Å².